The van der Waals surface area contributed by atoms with Crippen LogP contribution in [0.5, 0.6) is 0 Å². The lowest BCUT2D eigenvalue weighted by atomic mass is 10.1. The summed E-state index contributed by atoms with van der Waals surface area (Å²) in [5.74, 6) is 0.0923. The molecule has 1 atom stereocenters. The smallest absolute Gasteiger partial charge is 0.212 e. The lowest BCUT2D eigenvalue weighted by Crippen LogP contribution is -2.33. The molecule has 1 heterocycles. The Morgan fingerprint density at radius 1 is 1.15 bits per heavy atom. The lowest BCUT2D eigenvalue weighted by Gasteiger charge is -2.13. The number of sulfonamides is 1. The summed E-state index contributed by atoms with van der Waals surface area (Å²) >= 11 is 1.57. The van der Waals surface area contributed by atoms with E-state index in [0.717, 1.165) is 10.4 Å². The maximum atomic E-state index is 11.9. The summed E-state index contributed by atoms with van der Waals surface area (Å²) in [6, 6.07) is 13.0. The Kier molecular flexibility index (Phi) is 5.31. The van der Waals surface area contributed by atoms with Gasteiger partial charge < -0.3 is 5.73 Å². The molecule has 3 N–H and O–H groups in total. The Bertz CT molecular complexity index is 610. The Morgan fingerprint density at radius 2 is 1.90 bits per heavy atom. The average Bonchev–Trinajstić information content (AvgIpc) is 2.97. The van der Waals surface area contributed by atoms with E-state index in [1.807, 2.05) is 47.8 Å². The highest BCUT2D eigenvalue weighted by Crippen LogP contribution is 2.11. The number of nitrogens with one attached hydrogen (secondary N) is 1. The second kappa shape index (κ2) is 6.99. The molecule has 0 saturated heterocycles. The monoisotopic (exact) mass is 310 g/mol. The molecule has 108 valence electrons. The van der Waals surface area contributed by atoms with Gasteiger partial charge >= 0.3 is 0 Å². The molecule has 0 aliphatic heterocycles. The summed E-state index contributed by atoms with van der Waals surface area (Å²) in [4.78, 5) is 1.07. The van der Waals surface area contributed by atoms with E-state index in [9.17, 15) is 8.42 Å². The third-order valence-corrected chi connectivity index (χ3v) is 5.23. The first-order chi connectivity index (χ1) is 9.57. The molecular formula is C14H18N2O2S2. The minimum atomic E-state index is -3.28. The van der Waals surface area contributed by atoms with Gasteiger partial charge in [0.25, 0.3) is 0 Å². The van der Waals surface area contributed by atoms with Crippen molar-refractivity contribution < 1.29 is 8.42 Å². The van der Waals surface area contributed by atoms with E-state index in [1.165, 1.54) is 0 Å². The summed E-state index contributed by atoms with van der Waals surface area (Å²) in [7, 11) is -3.28. The van der Waals surface area contributed by atoms with E-state index in [-0.39, 0.29) is 18.3 Å². The van der Waals surface area contributed by atoms with Gasteiger partial charge in [-0.2, -0.15) is 0 Å². The maximum Gasteiger partial charge on any atom is 0.212 e. The van der Waals surface area contributed by atoms with Gasteiger partial charge in [0.1, 0.15) is 0 Å². The number of hydrogen-bond donors (Lipinski definition) is 2. The van der Waals surface area contributed by atoms with Crippen molar-refractivity contribution in [1.82, 2.24) is 4.72 Å². The van der Waals surface area contributed by atoms with Gasteiger partial charge in [-0.1, -0.05) is 36.4 Å². The molecule has 2 rings (SSSR count). The van der Waals surface area contributed by atoms with Gasteiger partial charge in [-0.05, 0) is 23.4 Å². The van der Waals surface area contributed by atoms with Crippen LogP contribution in [-0.4, -0.2) is 20.7 Å². The fraction of sp³-hybridized carbons (Fsp3) is 0.286. The predicted octanol–water partition coefficient (Wildman–Crippen LogP) is 1.91. The number of rotatable bonds is 7. The van der Waals surface area contributed by atoms with Crippen molar-refractivity contribution in [1.29, 1.82) is 0 Å². The van der Waals surface area contributed by atoms with Gasteiger partial charge in [0, 0.05) is 17.5 Å². The molecule has 4 nitrogen and oxygen atoms in total. The molecular weight excluding hydrogens is 292 g/mol. The van der Waals surface area contributed by atoms with Crippen LogP contribution in [0.2, 0.25) is 0 Å². The van der Waals surface area contributed by atoms with Gasteiger partial charge in [-0.15, -0.1) is 11.3 Å². The molecule has 0 aliphatic carbocycles. The molecule has 0 aliphatic rings. The number of benzene rings is 1. The fourth-order valence-electron chi connectivity index (χ4n) is 1.80. The minimum Gasteiger partial charge on any atom is -0.323 e. The normalized spacial score (nSPS) is 13.2. The molecule has 0 amide bonds. The second-order valence-electron chi connectivity index (χ2n) is 4.51. The van der Waals surface area contributed by atoms with Crippen LogP contribution in [0.1, 0.15) is 16.5 Å². The van der Waals surface area contributed by atoms with E-state index in [4.69, 9.17) is 5.73 Å². The summed E-state index contributed by atoms with van der Waals surface area (Å²) in [5.41, 5.74) is 6.89. The largest absolute Gasteiger partial charge is 0.323 e. The van der Waals surface area contributed by atoms with Gasteiger partial charge in [-0.3, -0.25) is 0 Å². The van der Waals surface area contributed by atoms with Crippen molar-refractivity contribution in [3.8, 4) is 0 Å². The summed E-state index contributed by atoms with van der Waals surface area (Å²) in [6.07, 6.45) is 0.535. The topological polar surface area (TPSA) is 72.2 Å². The minimum absolute atomic E-state index is 0.0923. The Hall–Kier alpha value is -1.21. The summed E-state index contributed by atoms with van der Waals surface area (Å²) in [5, 5.41) is 1.95. The quantitative estimate of drug-likeness (QED) is 0.820. The molecule has 1 aromatic heterocycles. The zero-order valence-corrected chi connectivity index (χ0v) is 12.7. The van der Waals surface area contributed by atoms with Crippen LogP contribution in [0.4, 0.5) is 0 Å². The first-order valence-corrected chi connectivity index (χ1v) is 8.90. The van der Waals surface area contributed by atoms with Gasteiger partial charge in [-0.25, -0.2) is 13.1 Å². The van der Waals surface area contributed by atoms with E-state index >= 15 is 0 Å². The SMILES string of the molecule is NC(CNS(=O)(=O)CCc1cccs1)c1ccccc1. The van der Waals surface area contributed by atoms with Crippen molar-refractivity contribution in [3.05, 3.63) is 58.3 Å². The molecule has 0 radical (unpaired) electrons. The molecule has 0 fully saturated rings. The lowest BCUT2D eigenvalue weighted by molar-refractivity contribution is 0.572. The Balaban J connectivity index is 1.83. The van der Waals surface area contributed by atoms with Crippen LogP contribution in [0.3, 0.4) is 0 Å². The summed E-state index contributed by atoms with van der Waals surface area (Å²) < 4.78 is 26.4. The van der Waals surface area contributed by atoms with E-state index < -0.39 is 10.0 Å². The highest BCUT2D eigenvalue weighted by Gasteiger charge is 2.13. The molecule has 20 heavy (non-hydrogen) atoms. The van der Waals surface area contributed by atoms with E-state index in [2.05, 4.69) is 4.72 Å². The molecule has 6 heteroatoms. The standard InChI is InChI=1S/C14H18N2O2S2/c15-14(12-5-2-1-3-6-12)11-16-20(17,18)10-8-13-7-4-9-19-13/h1-7,9,14,16H,8,10-11,15H2. The van der Waals surface area contributed by atoms with Gasteiger partial charge in [0.2, 0.25) is 10.0 Å². The molecule has 1 aromatic carbocycles. The van der Waals surface area contributed by atoms with Crippen molar-refractivity contribution in [2.45, 2.75) is 12.5 Å². The maximum absolute atomic E-state index is 11.9. The fourth-order valence-corrected chi connectivity index (χ4v) is 3.70. The molecule has 0 bridgehead atoms. The van der Waals surface area contributed by atoms with Crippen molar-refractivity contribution in [3.63, 3.8) is 0 Å². The zero-order chi connectivity index (χ0) is 14.4. The highest BCUT2D eigenvalue weighted by atomic mass is 32.2. The second-order valence-corrected chi connectivity index (χ2v) is 7.47. The van der Waals surface area contributed by atoms with Crippen LogP contribution < -0.4 is 10.5 Å². The Labute approximate surface area is 123 Å². The number of hydrogen-bond acceptors (Lipinski definition) is 4. The number of thiophene rings is 1. The molecule has 2 aromatic rings. The average molecular weight is 310 g/mol. The van der Waals surface area contributed by atoms with Crippen LogP contribution in [0.15, 0.2) is 47.8 Å². The predicted molar refractivity (Wildman–Crippen MR) is 83.2 cm³/mol. The summed E-state index contributed by atoms with van der Waals surface area (Å²) in [6.45, 7) is 0.219. The molecule has 0 saturated carbocycles. The van der Waals surface area contributed by atoms with Crippen LogP contribution >= 0.6 is 11.3 Å². The number of aryl methyl sites for hydroxylation is 1. The number of nitrogens with two attached hydrogens (primary N) is 1. The first kappa shape index (κ1) is 15.2. The van der Waals surface area contributed by atoms with E-state index in [1.54, 1.807) is 11.3 Å². The highest BCUT2D eigenvalue weighted by molar-refractivity contribution is 7.89. The molecule has 1 unspecified atom stereocenters. The third kappa shape index (κ3) is 4.72. The van der Waals surface area contributed by atoms with Gasteiger partial charge in [0.05, 0.1) is 5.75 Å². The van der Waals surface area contributed by atoms with Crippen LogP contribution in [0.25, 0.3) is 0 Å². The first-order valence-electron chi connectivity index (χ1n) is 6.37. The van der Waals surface area contributed by atoms with Crippen LogP contribution in [-0.2, 0) is 16.4 Å². The third-order valence-electron chi connectivity index (χ3n) is 2.95. The van der Waals surface area contributed by atoms with Crippen molar-refractivity contribution >= 4 is 21.4 Å². The Morgan fingerprint density at radius 3 is 2.55 bits per heavy atom. The van der Waals surface area contributed by atoms with Crippen molar-refractivity contribution in [2.75, 3.05) is 12.3 Å². The van der Waals surface area contributed by atoms with Crippen LogP contribution in [0, 0.1) is 0 Å². The van der Waals surface area contributed by atoms with E-state index in [0.29, 0.717) is 6.42 Å². The zero-order valence-electron chi connectivity index (χ0n) is 11.0. The van der Waals surface area contributed by atoms with Crippen molar-refractivity contribution in [2.24, 2.45) is 5.73 Å². The molecule has 0 spiro atoms. The van der Waals surface area contributed by atoms with Gasteiger partial charge in [0.15, 0.2) is 0 Å².